The Balaban J connectivity index is 2.05. The van der Waals surface area contributed by atoms with Gasteiger partial charge in [-0.2, -0.15) is 0 Å². The normalized spacial score (nSPS) is 10.3. The summed E-state index contributed by atoms with van der Waals surface area (Å²) in [4.78, 5) is 8.03. The first-order valence-corrected chi connectivity index (χ1v) is 4.91. The molecule has 0 atom stereocenters. The molecule has 0 amide bonds. The van der Waals surface area contributed by atoms with Crippen LogP contribution in [0, 0.1) is 13.8 Å². The molecular formula is C11H14N4. The minimum Gasteiger partial charge on any atom is -0.320 e. The lowest BCUT2D eigenvalue weighted by Crippen LogP contribution is -2.17. The van der Waals surface area contributed by atoms with Crippen molar-refractivity contribution < 1.29 is 0 Å². The van der Waals surface area contributed by atoms with Gasteiger partial charge in [0.15, 0.2) is 0 Å². The largest absolute Gasteiger partial charge is 0.320 e. The second-order valence-electron chi connectivity index (χ2n) is 3.49. The fourth-order valence-electron chi connectivity index (χ4n) is 1.50. The number of aromatic nitrogens is 3. The zero-order chi connectivity index (χ0) is 10.7. The molecule has 2 rings (SSSR count). The molecule has 0 saturated heterocycles. The zero-order valence-corrected chi connectivity index (χ0v) is 8.94. The molecule has 0 aliphatic heterocycles. The van der Waals surface area contributed by atoms with Crippen LogP contribution in [-0.2, 0) is 6.54 Å². The van der Waals surface area contributed by atoms with E-state index < -0.39 is 0 Å². The first-order chi connectivity index (χ1) is 7.27. The van der Waals surface area contributed by atoms with E-state index in [9.17, 15) is 0 Å². The van der Waals surface area contributed by atoms with Gasteiger partial charge in [0, 0.05) is 17.6 Å². The predicted molar refractivity (Wildman–Crippen MR) is 59.0 cm³/mol. The van der Waals surface area contributed by atoms with Crippen molar-refractivity contribution in [3.8, 4) is 0 Å². The first-order valence-electron chi connectivity index (χ1n) is 4.91. The quantitative estimate of drug-likeness (QED) is 0.822. The zero-order valence-electron chi connectivity index (χ0n) is 8.94. The number of rotatable bonds is 3. The third-order valence-corrected chi connectivity index (χ3v) is 2.33. The highest BCUT2D eigenvalue weighted by molar-refractivity contribution is 5.16. The standard InChI is InChI=1S/C11H14N4/c1-9-3-4-10(2)15(9)14-7-11-5-6-12-8-13-11/h3-6,8,14H,7H2,1-2H3. The highest BCUT2D eigenvalue weighted by Gasteiger charge is 1.99. The van der Waals surface area contributed by atoms with Crippen molar-refractivity contribution in [3.05, 3.63) is 47.8 Å². The smallest absolute Gasteiger partial charge is 0.115 e. The third-order valence-electron chi connectivity index (χ3n) is 2.33. The molecule has 78 valence electrons. The van der Waals surface area contributed by atoms with Crippen LogP contribution in [0.3, 0.4) is 0 Å². The molecule has 4 heteroatoms. The molecule has 2 aromatic rings. The number of nitrogens with one attached hydrogen (secondary N) is 1. The van der Waals surface area contributed by atoms with Gasteiger partial charge in [0.1, 0.15) is 6.33 Å². The maximum absolute atomic E-state index is 4.15. The van der Waals surface area contributed by atoms with Gasteiger partial charge in [-0.1, -0.05) is 0 Å². The van der Waals surface area contributed by atoms with Crippen LogP contribution in [0.5, 0.6) is 0 Å². The highest BCUT2D eigenvalue weighted by Crippen LogP contribution is 2.04. The van der Waals surface area contributed by atoms with Gasteiger partial charge >= 0.3 is 0 Å². The van der Waals surface area contributed by atoms with Crippen LogP contribution in [0.15, 0.2) is 30.7 Å². The predicted octanol–water partition coefficient (Wildman–Crippen LogP) is 1.64. The van der Waals surface area contributed by atoms with Crippen LogP contribution in [0.1, 0.15) is 17.1 Å². The van der Waals surface area contributed by atoms with Crippen molar-refractivity contribution in [2.75, 3.05) is 5.43 Å². The van der Waals surface area contributed by atoms with Crippen LogP contribution in [0.25, 0.3) is 0 Å². The summed E-state index contributed by atoms with van der Waals surface area (Å²) in [6, 6.07) is 6.08. The van der Waals surface area contributed by atoms with Crippen LogP contribution < -0.4 is 5.43 Å². The van der Waals surface area contributed by atoms with Crippen molar-refractivity contribution in [1.82, 2.24) is 14.6 Å². The second-order valence-corrected chi connectivity index (χ2v) is 3.49. The van der Waals surface area contributed by atoms with Gasteiger partial charge in [0.2, 0.25) is 0 Å². The molecule has 0 unspecified atom stereocenters. The van der Waals surface area contributed by atoms with Crippen molar-refractivity contribution in [3.63, 3.8) is 0 Å². The second kappa shape index (κ2) is 4.13. The van der Waals surface area contributed by atoms with Crippen molar-refractivity contribution in [2.24, 2.45) is 0 Å². The van der Waals surface area contributed by atoms with E-state index >= 15 is 0 Å². The van der Waals surface area contributed by atoms with Crippen LogP contribution in [0.2, 0.25) is 0 Å². The van der Waals surface area contributed by atoms with E-state index in [0.29, 0.717) is 6.54 Å². The molecule has 0 spiro atoms. The summed E-state index contributed by atoms with van der Waals surface area (Å²) in [5.41, 5.74) is 6.68. The van der Waals surface area contributed by atoms with E-state index in [-0.39, 0.29) is 0 Å². The lowest BCUT2D eigenvalue weighted by Gasteiger charge is -2.11. The maximum Gasteiger partial charge on any atom is 0.115 e. The molecule has 0 aliphatic rings. The van der Waals surface area contributed by atoms with E-state index in [1.807, 2.05) is 6.07 Å². The molecule has 0 aromatic carbocycles. The van der Waals surface area contributed by atoms with Gasteiger partial charge in [-0.15, -0.1) is 0 Å². The monoisotopic (exact) mass is 202 g/mol. The summed E-state index contributed by atoms with van der Waals surface area (Å²) in [6.07, 6.45) is 3.31. The third kappa shape index (κ3) is 2.15. The highest BCUT2D eigenvalue weighted by atomic mass is 15.4. The van der Waals surface area contributed by atoms with Gasteiger partial charge in [-0.3, -0.25) is 4.68 Å². The van der Waals surface area contributed by atoms with Gasteiger partial charge < -0.3 is 5.43 Å². The summed E-state index contributed by atoms with van der Waals surface area (Å²) < 4.78 is 2.06. The Bertz CT molecular complexity index is 414. The molecule has 2 aromatic heterocycles. The van der Waals surface area contributed by atoms with Gasteiger partial charge in [0.25, 0.3) is 0 Å². The Labute approximate surface area is 89.0 Å². The van der Waals surface area contributed by atoms with Gasteiger partial charge in [-0.05, 0) is 32.0 Å². The topological polar surface area (TPSA) is 42.7 Å². The first kappa shape index (κ1) is 9.71. The summed E-state index contributed by atoms with van der Waals surface area (Å²) in [6.45, 7) is 4.85. The molecule has 0 aliphatic carbocycles. The molecule has 0 fully saturated rings. The molecule has 0 saturated carbocycles. The minimum atomic E-state index is 0.707. The summed E-state index contributed by atoms with van der Waals surface area (Å²) in [5, 5.41) is 0. The molecular weight excluding hydrogens is 188 g/mol. The maximum atomic E-state index is 4.15. The van der Waals surface area contributed by atoms with Crippen molar-refractivity contribution in [2.45, 2.75) is 20.4 Å². The Morgan fingerprint density at radius 3 is 2.53 bits per heavy atom. The summed E-state index contributed by atoms with van der Waals surface area (Å²) in [5.74, 6) is 0. The Morgan fingerprint density at radius 1 is 1.20 bits per heavy atom. The fraction of sp³-hybridized carbons (Fsp3) is 0.273. The SMILES string of the molecule is Cc1ccc(C)n1NCc1ccncn1. The number of hydrogen-bond acceptors (Lipinski definition) is 3. The van der Waals surface area contributed by atoms with Crippen LogP contribution in [-0.4, -0.2) is 14.6 Å². The van der Waals surface area contributed by atoms with Crippen LogP contribution >= 0.6 is 0 Å². The van der Waals surface area contributed by atoms with Crippen molar-refractivity contribution in [1.29, 1.82) is 0 Å². The number of hydrogen-bond donors (Lipinski definition) is 1. The van der Waals surface area contributed by atoms with E-state index in [2.05, 4.69) is 46.1 Å². The molecule has 0 radical (unpaired) electrons. The van der Waals surface area contributed by atoms with E-state index in [0.717, 1.165) is 5.69 Å². The molecule has 0 bridgehead atoms. The number of aryl methyl sites for hydroxylation is 2. The average Bonchev–Trinajstić information content (AvgIpc) is 2.58. The molecule has 2 heterocycles. The average molecular weight is 202 g/mol. The van der Waals surface area contributed by atoms with E-state index in [1.165, 1.54) is 11.4 Å². The van der Waals surface area contributed by atoms with Crippen molar-refractivity contribution >= 4 is 0 Å². The summed E-state index contributed by atoms with van der Waals surface area (Å²) in [7, 11) is 0. The minimum absolute atomic E-state index is 0.707. The summed E-state index contributed by atoms with van der Waals surface area (Å²) >= 11 is 0. The van der Waals surface area contributed by atoms with E-state index in [1.54, 1.807) is 12.5 Å². The Morgan fingerprint density at radius 2 is 1.93 bits per heavy atom. The van der Waals surface area contributed by atoms with Gasteiger partial charge in [-0.25, -0.2) is 9.97 Å². The van der Waals surface area contributed by atoms with Crippen LogP contribution in [0.4, 0.5) is 0 Å². The van der Waals surface area contributed by atoms with Gasteiger partial charge in [0.05, 0.1) is 12.2 Å². The molecule has 4 nitrogen and oxygen atoms in total. The lowest BCUT2D eigenvalue weighted by atomic mass is 10.4. The number of nitrogens with zero attached hydrogens (tertiary/aromatic N) is 3. The fourth-order valence-corrected chi connectivity index (χ4v) is 1.50. The Hall–Kier alpha value is -1.84. The van der Waals surface area contributed by atoms with E-state index in [4.69, 9.17) is 0 Å². The molecule has 1 N–H and O–H groups in total. The lowest BCUT2D eigenvalue weighted by molar-refractivity contribution is 0.778. The Kier molecular flexibility index (Phi) is 2.67. The molecule has 15 heavy (non-hydrogen) atoms.